The summed E-state index contributed by atoms with van der Waals surface area (Å²) in [4.78, 5) is 23.9. The van der Waals surface area contributed by atoms with Crippen molar-refractivity contribution in [3.63, 3.8) is 0 Å². The van der Waals surface area contributed by atoms with E-state index in [1.807, 2.05) is 68.4 Å². The summed E-state index contributed by atoms with van der Waals surface area (Å²) in [6.45, 7) is 5.67. The molecule has 5 heteroatoms. The Kier molecular flexibility index (Phi) is 6.97. The first kappa shape index (κ1) is 19.2. The molecule has 0 spiro atoms. The quantitative estimate of drug-likeness (QED) is 0.752. The second-order valence-electron chi connectivity index (χ2n) is 6.14. The molecule has 0 heterocycles. The third-order valence-electron chi connectivity index (χ3n) is 3.41. The molecule has 0 aliphatic carbocycles. The molecule has 0 saturated carbocycles. The molecule has 2 aromatic rings. The Labute approximate surface area is 154 Å². The summed E-state index contributed by atoms with van der Waals surface area (Å²) in [5.74, 6) is 0.155. The molecule has 2 N–H and O–H groups in total. The number of carbonyl (C=O) groups is 2. The van der Waals surface area contributed by atoms with E-state index in [1.54, 1.807) is 6.08 Å². The number of nitrogens with one attached hydrogen (secondary N) is 2. The predicted molar refractivity (Wildman–Crippen MR) is 102 cm³/mol. The summed E-state index contributed by atoms with van der Waals surface area (Å²) in [7, 11) is 0. The van der Waals surface area contributed by atoms with Gasteiger partial charge in [0.05, 0.1) is 6.10 Å². The second-order valence-corrected chi connectivity index (χ2v) is 6.14. The number of rotatable bonds is 7. The lowest BCUT2D eigenvalue weighted by atomic mass is 10.1. The fourth-order valence-corrected chi connectivity index (χ4v) is 2.30. The molecule has 2 rings (SSSR count). The van der Waals surface area contributed by atoms with E-state index in [2.05, 4.69) is 10.6 Å². The van der Waals surface area contributed by atoms with E-state index >= 15 is 0 Å². The third kappa shape index (κ3) is 6.43. The molecule has 2 amide bonds. The first-order chi connectivity index (χ1) is 12.4. The van der Waals surface area contributed by atoms with E-state index in [0.717, 1.165) is 16.9 Å². The van der Waals surface area contributed by atoms with Crippen molar-refractivity contribution in [3.8, 4) is 5.75 Å². The molecule has 0 radical (unpaired) electrons. The Morgan fingerprint density at radius 1 is 1.04 bits per heavy atom. The van der Waals surface area contributed by atoms with Crippen LogP contribution in [0, 0.1) is 0 Å². The number of carbonyl (C=O) groups excluding carboxylic acids is 2. The van der Waals surface area contributed by atoms with Gasteiger partial charge in [-0.3, -0.25) is 9.59 Å². The summed E-state index contributed by atoms with van der Waals surface area (Å²) in [6, 6.07) is 16.9. The lowest BCUT2D eigenvalue weighted by Crippen LogP contribution is -2.33. The molecule has 0 aliphatic rings. The third-order valence-corrected chi connectivity index (χ3v) is 3.41. The van der Waals surface area contributed by atoms with Gasteiger partial charge in [-0.2, -0.15) is 0 Å². The topological polar surface area (TPSA) is 67.4 Å². The molecular formula is C21H24N2O3. The Morgan fingerprint density at radius 2 is 1.69 bits per heavy atom. The standard InChI is InChI=1S/C21H24N2O3/c1-15(2)26-19-11-9-18(10-12-19)14-22-21(25)20(23-16(3)24)13-17-7-5-4-6-8-17/h4-13,15H,14H2,1-3H3,(H,22,25)(H,23,24)/b20-13-. The zero-order valence-corrected chi connectivity index (χ0v) is 15.3. The average Bonchev–Trinajstić information content (AvgIpc) is 2.60. The number of ether oxygens (including phenoxy) is 1. The molecule has 0 aromatic heterocycles. The van der Waals surface area contributed by atoms with Gasteiger partial charge in [-0.15, -0.1) is 0 Å². The molecule has 0 bridgehead atoms. The minimum Gasteiger partial charge on any atom is -0.491 e. The van der Waals surface area contributed by atoms with E-state index < -0.39 is 0 Å². The molecule has 5 nitrogen and oxygen atoms in total. The van der Waals surface area contributed by atoms with Gasteiger partial charge in [-0.25, -0.2) is 0 Å². The summed E-state index contributed by atoms with van der Waals surface area (Å²) < 4.78 is 5.60. The van der Waals surface area contributed by atoms with Gasteiger partial charge < -0.3 is 15.4 Å². The largest absolute Gasteiger partial charge is 0.491 e. The summed E-state index contributed by atoms with van der Waals surface area (Å²) >= 11 is 0. The molecule has 0 fully saturated rings. The maximum Gasteiger partial charge on any atom is 0.268 e. The summed E-state index contributed by atoms with van der Waals surface area (Å²) in [5.41, 5.74) is 1.99. The lowest BCUT2D eigenvalue weighted by molar-refractivity contribution is -0.122. The van der Waals surface area contributed by atoms with Crippen molar-refractivity contribution in [2.75, 3.05) is 0 Å². The Morgan fingerprint density at radius 3 is 2.27 bits per heavy atom. The zero-order valence-electron chi connectivity index (χ0n) is 15.3. The van der Waals surface area contributed by atoms with Gasteiger partial charge in [0.15, 0.2) is 0 Å². The van der Waals surface area contributed by atoms with Crippen molar-refractivity contribution in [1.29, 1.82) is 0 Å². The molecule has 26 heavy (non-hydrogen) atoms. The van der Waals surface area contributed by atoms with Crippen LogP contribution in [0.1, 0.15) is 31.9 Å². The van der Waals surface area contributed by atoms with Crippen LogP contribution in [0.25, 0.3) is 6.08 Å². The lowest BCUT2D eigenvalue weighted by Gasteiger charge is -2.12. The maximum absolute atomic E-state index is 12.5. The second kappa shape index (κ2) is 9.42. The van der Waals surface area contributed by atoms with Crippen molar-refractivity contribution >= 4 is 17.9 Å². The van der Waals surface area contributed by atoms with E-state index in [0.29, 0.717) is 6.54 Å². The van der Waals surface area contributed by atoms with Crippen LogP contribution in [0.4, 0.5) is 0 Å². The summed E-state index contributed by atoms with van der Waals surface area (Å²) in [6.07, 6.45) is 1.76. The Hall–Kier alpha value is -3.08. The molecule has 0 unspecified atom stereocenters. The number of benzene rings is 2. The van der Waals surface area contributed by atoms with Crippen LogP contribution < -0.4 is 15.4 Å². The van der Waals surface area contributed by atoms with Gasteiger partial charge in [-0.1, -0.05) is 42.5 Å². The molecule has 2 aromatic carbocycles. The highest BCUT2D eigenvalue weighted by Crippen LogP contribution is 2.14. The van der Waals surface area contributed by atoms with Crippen LogP contribution in [0.3, 0.4) is 0 Å². The van der Waals surface area contributed by atoms with Gasteiger partial charge in [0.2, 0.25) is 5.91 Å². The molecule has 136 valence electrons. The van der Waals surface area contributed by atoms with Crippen LogP contribution in [-0.2, 0) is 16.1 Å². The highest BCUT2D eigenvalue weighted by molar-refractivity contribution is 6.00. The average molecular weight is 352 g/mol. The highest BCUT2D eigenvalue weighted by Gasteiger charge is 2.11. The van der Waals surface area contributed by atoms with Crippen molar-refractivity contribution < 1.29 is 14.3 Å². The normalized spacial score (nSPS) is 11.2. The number of amides is 2. The van der Waals surface area contributed by atoms with E-state index in [1.165, 1.54) is 6.92 Å². The van der Waals surface area contributed by atoms with Crippen molar-refractivity contribution in [2.24, 2.45) is 0 Å². The summed E-state index contributed by atoms with van der Waals surface area (Å²) in [5, 5.41) is 5.41. The smallest absolute Gasteiger partial charge is 0.268 e. The van der Waals surface area contributed by atoms with Crippen molar-refractivity contribution in [1.82, 2.24) is 10.6 Å². The van der Waals surface area contributed by atoms with E-state index in [4.69, 9.17) is 4.74 Å². The number of hydrogen-bond donors (Lipinski definition) is 2. The molecule has 0 saturated heterocycles. The molecule has 0 atom stereocenters. The molecule has 0 aliphatic heterocycles. The minimum atomic E-state index is -0.341. The monoisotopic (exact) mass is 352 g/mol. The van der Waals surface area contributed by atoms with Crippen molar-refractivity contribution in [3.05, 3.63) is 71.4 Å². The Bertz CT molecular complexity index is 766. The fraction of sp³-hybridized carbons (Fsp3) is 0.238. The zero-order chi connectivity index (χ0) is 18.9. The fourth-order valence-electron chi connectivity index (χ4n) is 2.30. The Balaban J connectivity index is 2.03. The first-order valence-electron chi connectivity index (χ1n) is 8.52. The highest BCUT2D eigenvalue weighted by atomic mass is 16.5. The van der Waals surface area contributed by atoms with Gasteiger partial charge in [0, 0.05) is 13.5 Å². The van der Waals surface area contributed by atoms with Crippen LogP contribution in [0.2, 0.25) is 0 Å². The van der Waals surface area contributed by atoms with Gasteiger partial charge in [0.25, 0.3) is 5.91 Å². The number of hydrogen-bond acceptors (Lipinski definition) is 3. The van der Waals surface area contributed by atoms with Crippen LogP contribution >= 0.6 is 0 Å². The van der Waals surface area contributed by atoms with Gasteiger partial charge >= 0.3 is 0 Å². The van der Waals surface area contributed by atoms with E-state index in [9.17, 15) is 9.59 Å². The minimum absolute atomic E-state index is 0.115. The SMILES string of the molecule is CC(=O)N/C(=C\c1ccccc1)C(=O)NCc1ccc(OC(C)C)cc1. The first-order valence-corrected chi connectivity index (χ1v) is 8.52. The van der Waals surface area contributed by atoms with Crippen molar-refractivity contribution in [2.45, 2.75) is 33.4 Å². The van der Waals surface area contributed by atoms with E-state index in [-0.39, 0.29) is 23.6 Å². The van der Waals surface area contributed by atoms with Gasteiger partial charge in [-0.05, 0) is 43.2 Å². The maximum atomic E-state index is 12.5. The molecular weight excluding hydrogens is 328 g/mol. The van der Waals surface area contributed by atoms with Crippen LogP contribution in [0.15, 0.2) is 60.3 Å². The predicted octanol–water partition coefficient (Wildman–Crippen LogP) is 3.27. The van der Waals surface area contributed by atoms with Gasteiger partial charge in [0.1, 0.15) is 11.4 Å². The van der Waals surface area contributed by atoms with Crippen LogP contribution in [0.5, 0.6) is 5.75 Å². The van der Waals surface area contributed by atoms with Crippen LogP contribution in [-0.4, -0.2) is 17.9 Å².